The molecular weight excluding hydrogens is 261 g/mol. The fraction of sp³-hybridized carbons (Fsp3) is 0.500. The summed E-state index contributed by atoms with van der Waals surface area (Å²) in [5.41, 5.74) is -1.19. The third kappa shape index (κ3) is 2.42. The molecule has 1 aromatic heterocycles. The topological polar surface area (TPSA) is 86.0 Å². The SMILES string of the molecule is O=C(O)N1CCC(F)(c2nc(/C=N/O)cs2)CC1. The molecule has 0 aliphatic carbocycles. The Kier molecular flexibility index (Phi) is 3.46. The number of aromatic nitrogens is 1. The van der Waals surface area contributed by atoms with Gasteiger partial charge in [-0.15, -0.1) is 11.3 Å². The van der Waals surface area contributed by atoms with E-state index in [1.807, 2.05) is 0 Å². The van der Waals surface area contributed by atoms with Crippen LogP contribution in [0.2, 0.25) is 0 Å². The minimum Gasteiger partial charge on any atom is -0.465 e. The number of halogens is 1. The zero-order valence-electron chi connectivity index (χ0n) is 9.41. The predicted molar refractivity (Wildman–Crippen MR) is 63.1 cm³/mol. The Morgan fingerprint density at radius 1 is 1.61 bits per heavy atom. The first-order valence-corrected chi connectivity index (χ1v) is 6.23. The molecule has 2 heterocycles. The molecule has 98 valence electrons. The molecule has 2 rings (SSSR count). The first-order valence-electron chi connectivity index (χ1n) is 5.35. The van der Waals surface area contributed by atoms with Crippen molar-refractivity contribution in [3.8, 4) is 0 Å². The lowest BCUT2D eigenvalue weighted by molar-refractivity contribution is 0.0549. The second-order valence-corrected chi connectivity index (χ2v) is 4.92. The smallest absolute Gasteiger partial charge is 0.407 e. The van der Waals surface area contributed by atoms with Gasteiger partial charge in [0.05, 0.1) is 11.9 Å². The quantitative estimate of drug-likeness (QED) is 0.489. The highest BCUT2D eigenvalue weighted by atomic mass is 32.1. The molecule has 0 saturated carbocycles. The second-order valence-electron chi connectivity index (χ2n) is 4.06. The highest BCUT2D eigenvalue weighted by molar-refractivity contribution is 7.10. The van der Waals surface area contributed by atoms with Crippen molar-refractivity contribution in [2.45, 2.75) is 18.5 Å². The van der Waals surface area contributed by atoms with Crippen LogP contribution >= 0.6 is 11.3 Å². The molecule has 6 nitrogen and oxygen atoms in total. The molecule has 8 heteroatoms. The number of oxime groups is 1. The first-order chi connectivity index (χ1) is 8.55. The van der Waals surface area contributed by atoms with Crippen LogP contribution in [0.15, 0.2) is 10.5 Å². The highest BCUT2D eigenvalue weighted by Crippen LogP contribution is 2.38. The molecule has 0 bridgehead atoms. The molecule has 18 heavy (non-hydrogen) atoms. The Morgan fingerprint density at radius 3 is 2.83 bits per heavy atom. The molecule has 0 atom stereocenters. The lowest BCUT2D eigenvalue weighted by atomic mass is 9.94. The Hall–Kier alpha value is -1.70. The third-order valence-corrected chi connectivity index (χ3v) is 3.96. The second kappa shape index (κ2) is 4.89. The van der Waals surface area contributed by atoms with Crippen molar-refractivity contribution in [3.05, 3.63) is 16.1 Å². The fourth-order valence-electron chi connectivity index (χ4n) is 1.88. The number of hydrogen-bond donors (Lipinski definition) is 2. The minimum absolute atomic E-state index is 0.0997. The summed E-state index contributed by atoms with van der Waals surface area (Å²) in [7, 11) is 0. The van der Waals surface area contributed by atoms with Gasteiger partial charge in [-0.25, -0.2) is 14.2 Å². The zero-order valence-corrected chi connectivity index (χ0v) is 10.2. The number of carboxylic acid groups (broad SMARTS) is 1. The average Bonchev–Trinajstić information content (AvgIpc) is 2.79. The molecule has 0 radical (unpaired) electrons. The van der Waals surface area contributed by atoms with Gasteiger partial charge in [0.1, 0.15) is 5.01 Å². The summed E-state index contributed by atoms with van der Waals surface area (Å²) >= 11 is 1.15. The zero-order chi connectivity index (χ0) is 13.2. The molecule has 1 aliphatic heterocycles. The number of rotatable bonds is 2. The minimum atomic E-state index is -1.59. The maximum absolute atomic E-state index is 14.6. The van der Waals surface area contributed by atoms with Crippen molar-refractivity contribution < 1.29 is 19.5 Å². The van der Waals surface area contributed by atoms with Crippen LogP contribution in [0.25, 0.3) is 0 Å². The van der Waals surface area contributed by atoms with E-state index in [2.05, 4.69) is 10.1 Å². The summed E-state index contributed by atoms with van der Waals surface area (Å²) in [4.78, 5) is 16.0. The van der Waals surface area contributed by atoms with Gasteiger partial charge < -0.3 is 15.2 Å². The van der Waals surface area contributed by atoms with Crippen LogP contribution in [0.1, 0.15) is 23.5 Å². The summed E-state index contributed by atoms with van der Waals surface area (Å²) in [6, 6.07) is 0. The van der Waals surface area contributed by atoms with Gasteiger partial charge in [-0.3, -0.25) is 0 Å². The Bertz CT molecular complexity index is 469. The molecule has 0 aromatic carbocycles. The fourth-order valence-corrected chi connectivity index (χ4v) is 2.80. The predicted octanol–water partition coefficient (Wildman–Crippen LogP) is 1.89. The van der Waals surface area contributed by atoms with Crippen LogP contribution < -0.4 is 0 Å². The number of thiazole rings is 1. The molecule has 1 aliphatic rings. The van der Waals surface area contributed by atoms with E-state index in [9.17, 15) is 9.18 Å². The molecule has 2 N–H and O–H groups in total. The number of piperidine rings is 1. The average molecular weight is 273 g/mol. The van der Waals surface area contributed by atoms with Crippen molar-refractivity contribution >= 4 is 23.6 Å². The van der Waals surface area contributed by atoms with E-state index in [0.717, 1.165) is 17.6 Å². The largest absolute Gasteiger partial charge is 0.465 e. The number of nitrogens with zero attached hydrogens (tertiary/aromatic N) is 3. The maximum atomic E-state index is 14.6. The summed E-state index contributed by atoms with van der Waals surface area (Å²) in [6.07, 6.45) is 0.310. The lowest BCUT2D eigenvalue weighted by Crippen LogP contribution is -2.42. The number of carbonyl (C=O) groups is 1. The molecule has 0 spiro atoms. The Balaban J connectivity index is 2.10. The van der Waals surface area contributed by atoms with Gasteiger partial charge >= 0.3 is 6.09 Å². The first kappa shape index (κ1) is 12.7. The van der Waals surface area contributed by atoms with E-state index in [4.69, 9.17) is 10.3 Å². The van der Waals surface area contributed by atoms with E-state index >= 15 is 0 Å². The molecule has 1 saturated heterocycles. The van der Waals surface area contributed by atoms with E-state index in [-0.39, 0.29) is 25.9 Å². The van der Waals surface area contributed by atoms with Gasteiger partial charge in [0.15, 0.2) is 5.67 Å². The van der Waals surface area contributed by atoms with Gasteiger partial charge in [0.2, 0.25) is 0 Å². The molecule has 1 fully saturated rings. The Morgan fingerprint density at radius 2 is 2.28 bits per heavy atom. The summed E-state index contributed by atoms with van der Waals surface area (Å²) in [5.74, 6) is 0. The number of hydrogen-bond acceptors (Lipinski definition) is 5. The summed E-state index contributed by atoms with van der Waals surface area (Å²) < 4.78 is 14.6. The van der Waals surface area contributed by atoms with Crippen molar-refractivity contribution in [1.29, 1.82) is 0 Å². The standard InChI is InChI=1S/C10H12FN3O3S/c11-10(1-3-14(4-2-10)9(15)16)8-13-7(5-12-17)6-18-8/h5-6,17H,1-4H2,(H,15,16)/b12-5+. The van der Waals surface area contributed by atoms with Crippen molar-refractivity contribution in [1.82, 2.24) is 9.88 Å². The van der Waals surface area contributed by atoms with E-state index in [1.54, 1.807) is 5.38 Å². The van der Waals surface area contributed by atoms with Crippen molar-refractivity contribution in [2.24, 2.45) is 5.16 Å². The molecule has 1 amide bonds. The van der Waals surface area contributed by atoms with Crippen LogP contribution in [0.5, 0.6) is 0 Å². The molecule has 0 unspecified atom stereocenters. The van der Waals surface area contributed by atoms with Crippen LogP contribution in [0.4, 0.5) is 9.18 Å². The van der Waals surface area contributed by atoms with Gasteiger partial charge in [0, 0.05) is 31.3 Å². The van der Waals surface area contributed by atoms with Crippen LogP contribution in [-0.2, 0) is 5.67 Å². The van der Waals surface area contributed by atoms with Gasteiger partial charge in [0.25, 0.3) is 0 Å². The van der Waals surface area contributed by atoms with E-state index < -0.39 is 11.8 Å². The normalized spacial score (nSPS) is 19.3. The van der Waals surface area contributed by atoms with Gasteiger partial charge in [-0.05, 0) is 0 Å². The third-order valence-electron chi connectivity index (χ3n) is 2.92. The summed E-state index contributed by atoms with van der Waals surface area (Å²) in [5, 5.41) is 21.9. The van der Waals surface area contributed by atoms with Crippen LogP contribution in [0, 0.1) is 0 Å². The lowest BCUT2D eigenvalue weighted by Gasteiger charge is -2.33. The van der Waals surface area contributed by atoms with Crippen LogP contribution in [0.3, 0.4) is 0 Å². The van der Waals surface area contributed by atoms with E-state index in [1.165, 1.54) is 4.90 Å². The Labute approximate surface area is 106 Å². The number of amides is 1. The van der Waals surface area contributed by atoms with Gasteiger partial charge in [-0.1, -0.05) is 5.16 Å². The number of likely N-dealkylation sites (tertiary alicyclic amines) is 1. The van der Waals surface area contributed by atoms with Gasteiger partial charge in [-0.2, -0.15) is 0 Å². The van der Waals surface area contributed by atoms with Crippen molar-refractivity contribution in [3.63, 3.8) is 0 Å². The highest BCUT2D eigenvalue weighted by Gasteiger charge is 2.40. The summed E-state index contributed by atoms with van der Waals surface area (Å²) in [6.45, 7) is 0.323. The number of alkyl halides is 1. The van der Waals surface area contributed by atoms with E-state index in [0.29, 0.717) is 10.7 Å². The monoisotopic (exact) mass is 273 g/mol. The molecular formula is C10H12FN3O3S. The maximum Gasteiger partial charge on any atom is 0.407 e. The van der Waals surface area contributed by atoms with Crippen molar-refractivity contribution in [2.75, 3.05) is 13.1 Å². The van der Waals surface area contributed by atoms with Crippen LogP contribution in [-0.4, -0.2) is 45.6 Å². The molecule has 1 aromatic rings.